The van der Waals surface area contributed by atoms with E-state index in [9.17, 15) is 9.59 Å². The molecule has 120 valence electrons. The first-order valence-corrected chi connectivity index (χ1v) is 7.72. The Bertz CT molecular complexity index is 729. The SMILES string of the molecule is C[C@@H](OC(=O)c1cc(Cl)cc(Cl)c1)C(=O)Nc1cccc(Cl)c1. The lowest BCUT2D eigenvalue weighted by molar-refractivity contribution is -0.123. The van der Waals surface area contributed by atoms with Crippen LogP contribution >= 0.6 is 34.8 Å². The lowest BCUT2D eigenvalue weighted by atomic mass is 10.2. The molecule has 0 fully saturated rings. The Morgan fingerprint density at radius 3 is 2.26 bits per heavy atom. The van der Waals surface area contributed by atoms with Gasteiger partial charge in [0.25, 0.3) is 5.91 Å². The predicted octanol–water partition coefficient (Wildman–Crippen LogP) is 4.83. The van der Waals surface area contributed by atoms with Gasteiger partial charge in [-0.05, 0) is 43.3 Å². The summed E-state index contributed by atoms with van der Waals surface area (Å²) in [6.45, 7) is 1.46. The average molecular weight is 373 g/mol. The maximum Gasteiger partial charge on any atom is 0.339 e. The van der Waals surface area contributed by atoms with E-state index in [0.29, 0.717) is 20.8 Å². The summed E-state index contributed by atoms with van der Waals surface area (Å²) < 4.78 is 5.11. The van der Waals surface area contributed by atoms with Crippen molar-refractivity contribution >= 4 is 52.4 Å². The lowest BCUT2D eigenvalue weighted by Gasteiger charge is -2.14. The molecule has 0 aliphatic carbocycles. The molecule has 0 aromatic heterocycles. The molecule has 23 heavy (non-hydrogen) atoms. The van der Waals surface area contributed by atoms with Crippen molar-refractivity contribution in [1.82, 2.24) is 0 Å². The number of esters is 1. The van der Waals surface area contributed by atoms with Gasteiger partial charge in [0, 0.05) is 20.8 Å². The van der Waals surface area contributed by atoms with Crippen LogP contribution in [0.4, 0.5) is 5.69 Å². The molecule has 0 unspecified atom stereocenters. The van der Waals surface area contributed by atoms with Crippen molar-refractivity contribution in [2.24, 2.45) is 0 Å². The Balaban J connectivity index is 2.01. The van der Waals surface area contributed by atoms with Crippen molar-refractivity contribution in [3.63, 3.8) is 0 Å². The molecule has 1 atom stereocenters. The van der Waals surface area contributed by atoms with Crippen LogP contribution in [0.1, 0.15) is 17.3 Å². The number of nitrogens with one attached hydrogen (secondary N) is 1. The highest BCUT2D eigenvalue weighted by Crippen LogP contribution is 2.20. The molecule has 1 N–H and O–H groups in total. The van der Waals surface area contributed by atoms with Gasteiger partial charge in [-0.25, -0.2) is 4.79 Å². The monoisotopic (exact) mass is 371 g/mol. The van der Waals surface area contributed by atoms with Gasteiger partial charge < -0.3 is 10.1 Å². The van der Waals surface area contributed by atoms with Crippen LogP contribution in [0.3, 0.4) is 0 Å². The standard InChI is InChI=1S/C16H12Cl3NO3/c1-9(15(21)20-14-4-2-3-11(17)8-14)23-16(22)10-5-12(18)7-13(19)6-10/h2-9H,1H3,(H,20,21)/t9-/m1/s1. The topological polar surface area (TPSA) is 55.4 Å². The second-order valence-corrected chi connectivity index (χ2v) is 6.01. The zero-order chi connectivity index (χ0) is 17.0. The maximum atomic E-state index is 12.0. The predicted molar refractivity (Wildman–Crippen MR) is 91.4 cm³/mol. The molecule has 0 bridgehead atoms. The second-order valence-electron chi connectivity index (χ2n) is 4.71. The fourth-order valence-corrected chi connectivity index (χ4v) is 2.48. The second kappa shape index (κ2) is 7.68. The summed E-state index contributed by atoms with van der Waals surface area (Å²) in [6, 6.07) is 11.0. The molecule has 2 aromatic carbocycles. The number of amides is 1. The summed E-state index contributed by atoms with van der Waals surface area (Å²) in [5.74, 6) is -1.17. The van der Waals surface area contributed by atoms with E-state index >= 15 is 0 Å². The van der Waals surface area contributed by atoms with Crippen LogP contribution in [0.2, 0.25) is 15.1 Å². The largest absolute Gasteiger partial charge is 0.449 e. The Labute approximate surface area is 148 Å². The van der Waals surface area contributed by atoms with E-state index in [1.54, 1.807) is 24.3 Å². The van der Waals surface area contributed by atoms with Crippen LogP contribution in [0.25, 0.3) is 0 Å². The maximum absolute atomic E-state index is 12.0. The molecule has 0 saturated carbocycles. The number of anilines is 1. The first-order valence-electron chi connectivity index (χ1n) is 6.58. The Kier molecular flexibility index (Phi) is 5.88. The highest BCUT2D eigenvalue weighted by molar-refractivity contribution is 6.35. The molecule has 0 aliphatic rings. The Hall–Kier alpha value is -1.75. The fraction of sp³-hybridized carbons (Fsp3) is 0.125. The number of ether oxygens (including phenoxy) is 1. The molecular weight excluding hydrogens is 361 g/mol. The zero-order valence-corrected chi connectivity index (χ0v) is 14.2. The minimum atomic E-state index is -1.00. The lowest BCUT2D eigenvalue weighted by Crippen LogP contribution is -2.30. The summed E-state index contributed by atoms with van der Waals surface area (Å²) >= 11 is 17.5. The van der Waals surface area contributed by atoms with E-state index in [2.05, 4.69) is 5.32 Å². The third kappa shape index (κ3) is 5.13. The Morgan fingerprint density at radius 2 is 1.65 bits per heavy atom. The summed E-state index contributed by atoms with van der Waals surface area (Å²) in [5.41, 5.74) is 0.682. The van der Waals surface area contributed by atoms with Gasteiger partial charge in [0.05, 0.1) is 5.56 Å². The molecule has 0 radical (unpaired) electrons. The number of hydrogen-bond donors (Lipinski definition) is 1. The zero-order valence-electron chi connectivity index (χ0n) is 12.0. The van der Waals surface area contributed by atoms with Crippen molar-refractivity contribution in [1.29, 1.82) is 0 Å². The molecule has 0 spiro atoms. The molecule has 2 rings (SSSR count). The van der Waals surface area contributed by atoms with E-state index in [1.165, 1.54) is 25.1 Å². The normalized spacial score (nSPS) is 11.7. The van der Waals surface area contributed by atoms with Gasteiger partial charge >= 0.3 is 5.97 Å². The van der Waals surface area contributed by atoms with Crippen LogP contribution in [0.15, 0.2) is 42.5 Å². The van der Waals surface area contributed by atoms with Gasteiger partial charge in [0.2, 0.25) is 0 Å². The molecule has 4 nitrogen and oxygen atoms in total. The smallest absolute Gasteiger partial charge is 0.339 e. The molecule has 2 aromatic rings. The van der Waals surface area contributed by atoms with E-state index < -0.39 is 18.0 Å². The van der Waals surface area contributed by atoms with E-state index in [0.717, 1.165) is 0 Å². The quantitative estimate of drug-likeness (QED) is 0.782. The van der Waals surface area contributed by atoms with Crippen LogP contribution < -0.4 is 5.32 Å². The summed E-state index contributed by atoms with van der Waals surface area (Å²) in [7, 11) is 0. The van der Waals surface area contributed by atoms with E-state index in [-0.39, 0.29) is 5.56 Å². The number of rotatable bonds is 4. The van der Waals surface area contributed by atoms with Gasteiger partial charge in [-0.1, -0.05) is 40.9 Å². The molecule has 1 amide bonds. The molecule has 0 saturated heterocycles. The fourth-order valence-electron chi connectivity index (χ4n) is 1.76. The first kappa shape index (κ1) is 17.6. The average Bonchev–Trinajstić information content (AvgIpc) is 2.46. The number of halogens is 3. The van der Waals surface area contributed by atoms with Crippen LogP contribution in [0, 0.1) is 0 Å². The van der Waals surface area contributed by atoms with Crippen molar-refractivity contribution in [2.75, 3.05) is 5.32 Å². The van der Waals surface area contributed by atoms with E-state index in [1.807, 2.05) is 0 Å². The van der Waals surface area contributed by atoms with Crippen molar-refractivity contribution in [3.05, 3.63) is 63.1 Å². The number of hydrogen-bond acceptors (Lipinski definition) is 3. The number of carbonyl (C=O) groups excluding carboxylic acids is 2. The highest BCUT2D eigenvalue weighted by atomic mass is 35.5. The summed E-state index contributed by atoms with van der Waals surface area (Å²) in [5, 5.41) is 3.71. The molecule has 0 heterocycles. The number of carbonyl (C=O) groups is 2. The van der Waals surface area contributed by atoms with Crippen molar-refractivity contribution in [2.45, 2.75) is 13.0 Å². The number of benzene rings is 2. The van der Waals surface area contributed by atoms with Crippen LogP contribution in [0.5, 0.6) is 0 Å². The molecule has 7 heteroatoms. The van der Waals surface area contributed by atoms with E-state index in [4.69, 9.17) is 39.5 Å². The van der Waals surface area contributed by atoms with Gasteiger partial charge in [-0.15, -0.1) is 0 Å². The van der Waals surface area contributed by atoms with Crippen LogP contribution in [-0.4, -0.2) is 18.0 Å². The van der Waals surface area contributed by atoms with Crippen molar-refractivity contribution in [3.8, 4) is 0 Å². The third-order valence-electron chi connectivity index (χ3n) is 2.84. The molecular formula is C16H12Cl3NO3. The van der Waals surface area contributed by atoms with Crippen molar-refractivity contribution < 1.29 is 14.3 Å². The van der Waals surface area contributed by atoms with Crippen LogP contribution in [-0.2, 0) is 9.53 Å². The van der Waals surface area contributed by atoms with Gasteiger partial charge in [0.15, 0.2) is 6.10 Å². The minimum absolute atomic E-state index is 0.171. The molecule has 0 aliphatic heterocycles. The van der Waals surface area contributed by atoms with Gasteiger partial charge in [-0.3, -0.25) is 4.79 Å². The highest BCUT2D eigenvalue weighted by Gasteiger charge is 2.19. The van der Waals surface area contributed by atoms with Gasteiger partial charge in [-0.2, -0.15) is 0 Å². The third-order valence-corrected chi connectivity index (χ3v) is 3.51. The summed E-state index contributed by atoms with van der Waals surface area (Å²) in [4.78, 5) is 24.1. The Morgan fingerprint density at radius 1 is 1.00 bits per heavy atom. The van der Waals surface area contributed by atoms with Gasteiger partial charge in [0.1, 0.15) is 0 Å². The first-order chi connectivity index (χ1) is 10.8. The summed E-state index contributed by atoms with van der Waals surface area (Å²) in [6.07, 6.45) is -1.00. The minimum Gasteiger partial charge on any atom is -0.449 e.